The summed E-state index contributed by atoms with van der Waals surface area (Å²) in [7, 11) is -0.154. The molecule has 0 aromatic heterocycles. The normalized spacial score (nSPS) is 16.0. The Bertz CT molecular complexity index is 1110. The van der Waals surface area contributed by atoms with Gasteiger partial charge < -0.3 is 24.5 Å². The van der Waals surface area contributed by atoms with Crippen molar-refractivity contribution in [1.29, 1.82) is 0 Å². The van der Waals surface area contributed by atoms with E-state index in [0.717, 1.165) is 11.1 Å². The van der Waals surface area contributed by atoms with Crippen LogP contribution in [0.25, 0.3) is 0 Å². The first-order valence-electron chi connectivity index (χ1n) is 12.4. The molecule has 0 unspecified atom stereocenters. The molecule has 1 heterocycles. The van der Waals surface area contributed by atoms with Gasteiger partial charge in [0.1, 0.15) is 11.9 Å². The van der Waals surface area contributed by atoms with E-state index >= 15 is 4.39 Å². The molecule has 1 aliphatic rings. The Morgan fingerprint density at radius 3 is 2.57 bits per heavy atom. The molecule has 10 heteroatoms. The predicted octanol–water partition coefficient (Wildman–Crippen LogP) is 5.62. The zero-order valence-corrected chi connectivity index (χ0v) is 23.5. The number of carboxylic acid groups (broad SMARTS) is 1. The summed E-state index contributed by atoms with van der Waals surface area (Å²) in [5.41, 5.74) is 2.61. The van der Waals surface area contributed by atoms with Crippen LogP contribution >= 0.6 is 0 Å². The maximum atomic E-state index is 15.7. The average molecular weight is 532 g/mol. The van der Waals surface area contributed by atoms with E-state index in [2.05, 4.69) is 39.2 Å². The Hall–Kier alpha value is -3.11. The third-order valence-corrected chi connectivity index (χ3v) is 11.6. The maximum absolute atomic E-state index is 15.7. The SMILES string of the molecule is CN(Cc1ccccc1)c1c(F)cc(N2C[C@H](CNC(=O)O)OC2=O)cc1CCO[Si](C)(C)C(C)(C)C. The molecule has 202 valence electrons. The summed E-state index contributed by atoms with van der Waals surface area (Å²) in [6.07, 6.45) is -2.02. The van der Waals surface area contributed by atoms with Gasteiger partial charge in [-0.25, -0.2) is 14.0 Å². The first-order valence-corrected chi connectivity index (χ1v) is 15.4. The number of nitrogens with zero attached hydrogens (tertiary/aromatic N) is 2. The zero-order valence-electron chi connectivity index (χ0n) is 22.5. The molecule has 0 bridgehead atoms. The fraction of sp³-hybridized carbons (Fsp3) is 0.481. The minimum atomic E-state index is -2.00. The molecule has 8 nitrogen and oxygen atoms in total. The summed E-state index contributed by atoms with van der Waals surface area (Å²) >= 11 is 0. The average Bonchev–Trinajstić information content (AvgIpc) is 3.17. The van der Waals surface area contributed by atoms with Gasteiger partial charge in [-0.1, -0.05) is 51.1 Å². The van der Waals surface area contributed by atoms with Gasteiger partial charge in [0, 0.05) is 20.2 Å². The lowest BCUT2D eigenvalue weighted by molar-refractivity contribution is 0.136. The molecule has 1 saturated heterocycles. The van der Waals surface area contributed by atoms with Crippen molar-refractivity contribution in [3.05, 3.63) is 59.4 Å². The Balaban J connectivity index is 1.88. The number of halogens is 1. The van der Waals surface area contributed by atoms with Crippen LogP contribution in [-0.2, 0) is 22.1 Å². The largest absolute Gasteiger partial charge is 0.465 e. The molecule has 0 radical (unpaired) electrons. The van der Waals surface area contributed by atoms with Crippen molar-refractivity contribution < 1.29 is 28.2 Å². The van der Waals surface area contributed by atoms with Gasteiger partial charge in [-0.3, -0.25) is 4.90 Å². The number of hydrogen-bond acceptors (Lipinski definition) is 5. The highest BCUT2D eigenvalue weighted by Gasteiger charge is 2.37. The first kappa shape index (κ1) is 28.5. The topological polar surface area (TPSA) is 91.3 Å². The summed E-state index contributed by atoms with van der Waals surface area (Å²) in [5.74, 6) is -0.446. The molecule has 0 aliphatic carbocycles. The van der Waals surface area contributed by atoms with E-state index in [4.69, 9.17) is 14.3 Å². The monoisotopic (exact) mass is 531 g/mol. The molecular formula is C27H38FN3O5Si. The quantitative estimate of drug-likeness (QED) is 0.387. The fourth-order valence-electron chi connectivity index (χ4n) is 4.02. The smallest absolute Gasteiger partial charge is 0.414 e. The highest BCUT2D eigenvalue weighted by atomic mass is 28.4. The van der Waals surface area contributed by atoms with Crippen molar-refractivity contribution in [2.24, 2.45) is 0 Å². The van der Waals surface area contributed by atoms with Gasteiger partial charge >= 0.3 is 12.2 Å². The van der Waals surface area contributed by atoms with Gasteiger partial charge in [0.2, 0.25) is 0 Å². The lowest BCUT2D eigenvalue weighted by Gasteiger charge is -2.36. The molecule has 1 aliphatic heterocycles. The van der Waals surface area contributed by atoms with Gasteiger partial charge in [-0.05, 0) is 47.8 Å². The number of hydrogen-bond donors (Lipinski definition) is 2. The molecule has 2 aromatic carbocycles. The second-order valence-corrected chi connectivity index (χ2v) is 15.7. The maximum Gasteiger partial charge on any atom is 0.414 e. The van der Waals surface area contributed by atoms with Crippen LogP contribution in [0.2, 0.25) is 18.1 Å². The van der Waals surface area contributed by atoms with Crippen LogP contribution < -0.4 is 15.1 Å². The van der Waals surface area contributed by atoms with Crippen LogP contribution in [0.1, 0.15) is 31.9 Å². The van der Waals surface area contributed by atoms with E-state index < -0.39 is 32.4 Å². The van der Waals surface area contributed by atoms with Crippen LogP contribution in [0.3, 0.4) is 0 Å². The van der Waals surface area contributed by atoms with Crippen LogP contribution in [0.4, 0.5) is 25.4 Å². The number of ether oxygens (including phenoxy) is 1. The summed E-state index contributed by atoms with van der Waals surface area (Å²) < 4.78 is 27.4. The minimum Gasteiger partial charge on any atom is -0.465 e. The number of nitrogens with one attached hydrogen (secondary N) is 1. The number of anilines is 2. The number of rotatable bonds is 10. The molecular weight excluding hydrogens is 493 g/mol. The Morgan fingerprint density at radius 2 is 1.95 bits per heavy atom. The minimum absolute atomic E-state index is 0.0365. The van der Waals surface area contributed by atoms with Gasteiger partial charge in [0.25, 0.3) is 0 Å². The summed E-state index contributed by atoms with van der Waals surface area (Å²) in [6, 6.07) is 13.0. The van der Waals surface area contributed by atoms with Crippen molar-refractivity contribution in [2.45, 2.75) is 58.0 Å². The highest BCUT2D eigenvalue weighted by molar-refractivity contribution is 6.74. The molecule has 2 aromatic rings. The second kappa shape index (κ2) is 11.5. The van der Waals surface area contributed by atoms with Crippen molar-refractivity contribution >= 4 is 31.9 Å². The number of cyclic esters (lactones) is 1. The van der Waals surface area contributed by atoms with Crippen LogP contribution in [-0.4, -0.2) is 58.5 Å². The van der Waals surface area contributed by atoms with Crippen LogP contribution in [0.5, 0.6) is 0 Å². The third kappa shape index (κ3) is 7.23. The molecule has 37 heavy (non-hydrogen) atoms. The van der Waals surface area contributed by atoms with Gasteiger partial charge in [0.15, 0.2) is 8.32 Å². The van der Waals surface area contributed by atoms with Crippen LogP contribution in [0, 0.1) is 5.82 Å². The number of carbonyl (C=O) groups excluding carboxylic acids is 1. The number of amides is 2. The second-order valence-electron chi connectivity index (χ2n) is 10.9. The molecule has 2 amide bonds. The van der Waals surface area contributed by atoms with E-state index in [1.807, 2.05) is 48.3 Å². The summed E-state index contributed by atoms with van der Waals surface area (Å²) in [5, 5.41) is 11.1. The lowest BCUT2D eigenvalue weighted by Crippen LogP contribution is -2.41. The molecule has 3 rings (SSSR count). The van der Waals surface area contributed by atoms with E-state index in [9.17, 15) is 9.59 Å². The zero-order chi connectivity index (χ0) is 27.4. The van der Waals surface area contributed by atoms with Crippen molar-refractivity contribution in [3.63, 3.8) is 0 Å². The first-order chi connectivity index (χ1) is 17.3. The Kier molecular flexibility index (Phi) is 8.86. The number of carbonyl (C=O) groups is 2. The number of benzene rings is 2. The third-order valence-electron chi connectivity index (χ3n) is 7.08. The highest BCUT2D eigenvalue weighted by Crippen LogP contribution is 2.37. The Labute approximate surface area is 219 Å². The fourth-order valence-corrected chi connectivity index (χ4v) is 5.07. The Morgan fingerprint density at radius 1 is 1.27 bits per heavy atom. The lowest BCUT2D eigenvalue weighted by atomic mass is 10.1. The van der Waals surface area contributed by atoms with E-state index in [1.54, 1.807) is 0 Å². The molecule has 2 N–H and O–H groups in total. The summed E-state index contributed by atoms with van der Waals surface area (Å²) in [4.78, 5) is 26.6. The van der Waals surface area contributed by atoms with Crippen LogP contribution in [0.15, 0.2) is 42.5 Å². The van der Waals surface area contributed by atoms with Crippen molar-refractivity contribution in [2.75, 3.05) is 36.5 Å². The molecule has 0 saturated carbocycles. The van der Waals surface area contributed by atoms with E-state index in [1.165, 1.54) is 11.0 Å². The standard InChI is InChI=1S/C27H38FN3O5Si/c1-27(2,3)37(5,6)35-13-12-20-14-21(31-18-22(36-26(31)34)16-29-25(32)33)15-23(28)24(20)30(4)17-19-10-8-7-9-11-19/h7-11,14-15,22,29H,12-13,16-18H2,1-6H3,(H,32,33)/t22-/m0/s1. The predicted molar refractivity (Wildman–Crippen MR) is 145 cm³/mol. The van der Waals surface area contributed by atoms with E-state index in [0.29, 0.717) is 30.9 Å². The molecule has 1 fully saturated rings. The molecule has 0 spiro atoms. The van der Waals surface area contributed by atoms with E-state index in [-0.39, 0.29) is 18.1 Å². The molecule has 1 atom stereocenters. The van der Waals surface area contributed by atoms with Gasteiger partial charge in [0.05, 0.1) is 24.5 Å². The van der Waals surface area contributed by atoms with Crippen molar-refractivity contribution in [3.8, 4) is 0 Å². The van der Waals surface area contributed by atoms with Gasteiger partial charge in [-0.2, -0.15) is 0 Å². The van der Waals surface area contributed by atoms with Gasteiger partial charge in [-0.15, -0.1) is 0 Å². The summed E-state index contributed by atoms with van der Waals surface area (Å²) in [6.45, 7) is 11.9. The van der Waals surface area contributed by atoms with Crippen molar-refractivity contribution in [1.82, 2.24) is 5.32 Å².